The second-order valence-electron chi connectivity index (χ2n) is 4.45. The third-order valence-electron chi connectivity index (χ3n) is 3.02. The maximum atomic E-state index is 14.2. The van der Waals surface area contributed by atoms with Crippen molar-refractivity contribution < 1.29 is 17.6 Å². The summed E-state index contributed by atoms with van der Waals surface area (Å²) < 4.78 is 52.5. The molecule has 2 nitrogen and oxygen atoms in total. The molecule has 2 aromatic rings. The molecule has 1 atom stereocenters. The molecule has 1 unspecified atom stereocenters. The van der Waals surface area contributed by atoms with Gasteiger partial charge in [0.25, 0.3) is 0 Å². The average Bonchev–Trinajstić information content (AvgIpc) is 2.90. The Morgan fingerprint density at radius 3 is 2.67 bits per heavy atom. The molecule has 1 aromatic heterocycles. The quantitative estimate of drug-likeness (QED) is 0.836. The number of rotatable bonds is 5. The van der Waals surface area contributed by atoms with Crippen LogP contribution in [0.15, 0.2) is 29.8 Å². The molecule has 0 fully saturated rings. The topological polar surface area (TPSA) is 24.9 Å². The van der Waals surface area contributed by atoms with Crippen LogP contribution in [0.3, 0.4) is 0 Å². The van der Waals surface area contributed by atoms with Gasteiger partial charge in [0.15, 0.2) is 0 Å². The monoisotopic (exact) mass is 318 g/mol. The van der Waals surface area contributed by atoms with Gasteiger partial charge in [0, 0.05) is 29.6 Å². The summed E-state index contributed by atoms with van der Waals surface area (Å²) in [5.74, 6) is -1.22. The second kappa shape index (κ2) is 6.53. The molecule has 1 heterocycles. The lowest BCUT2D eigenvalue weighted by Gasteiger charge is -2.20. The van der Waals surface area contributed by atoms with Crippen LogP contribution < -0.4 is 5.32 Å². The van der Waals surface area contributed by atoms with Crippen LogP contribution in [0.1, 0.15) is 29.1 Å². The lowest BCUT2D eigenvalue weighted by molar-refractivity contribution is -0.140. The third kappa shape index (κ3) is 3.79. The zero-order chi connectivity index (χ0) is 15.5. The van der Waals surface area contributed by atoms with E-state index in [9.17, 15) is 17.6 Å². The van der Waals surface area contributed by atoms with Crippen LogP contribution in [-0.4, -0.2) is 11.5 Å². The van der Waals surface area contributed by atoms with Crippen molar-refractivity contribution in [2.75, 3.05) is 6.54 Å². The zero-order valence-corrected chi connectivity index (χ0v) is 12.1. The van der Waals surface area contributed by atoms with E-state index in [0.717, 1.165) is 11.1 Å². The molecular weight excluding hydrogens is 304 g/mol. The molecule has 0 amide bonds. The number of benzene rings is 1. The number of aromatic nitrogens is 1. The zero-order valence-electron chi connectivity index (χ0n) is 11.2. The Hall–Kier alpha value is -1.47. The molecule has 21 heavy (non-hydrogen) atoms. The molecule has 0 bridgehead atoms. The fourth-order valence-corrected chi connectivity index (χ4v) is 2.77. The highest BCUT2D eigenvalue weighted by Gasteiger charge is 2.35. The van der Waals surface area contributed by atoms with Gasteiger partial charge in [-0.2, -0.15) is 13.2 Å². The predicted octanol–water partition coefficient (Wildman–Crippen LogP) is 4.19. The molecule has 7 heteroatoms. The van der Waals surface area contributed by atoms with Crippen LogP contribution in [-0.2, 0) is 12.6 Å². The number of alkyl halides is 3. The third-order valence-corrected chi connectivity index (χ3v) is 3.82. The number of halogens is 4. The number of thiazole rings is 1. The largest absolute Gasteiger partial charge is 0.419 e. The van der Waals surface area contributed by atoms with Gasteiger partial charge in [0.05, 0.1) is 10.6 Å². The number of nitrogens with one attached hydrogen (secondary N) is 1. The van der Waals surface area contributed by atoms with Gasteiger partial charge in [0.1, 0.15) is 5.82 Å². The minimum absolute atomic E-state index is 0.0156. The summed E-state index contributed by atoms with van der Waals surface area (Å²) in [6.45, 7) is 2.34. The molecule has 114 valence electrons. The first-order valence-corrected chi connectivity index (χ1v) is 7.28. The predicted molar refractivity (Wildman–Crippen MR) is 73.6 cm³/mol. The summed E-state index contributed by atoms with van der Waals surface area (Å²) in [6, 6.07) is 2.83. The average molecular weight is 318 g/mol. The number of likely N-dealkylation sites (N-methyl/N-ethyl adjacent to an activating group) is 1. The van der Waals surface area contributed by atoms with Crippen LogP contribution in [0.5, 0.6) is 0 Å². The summed E-state index contributed by atoms with van der Waals surface area (Å²) >= 11 is 1.39. The molecule has 0 aliphatic carbocycles. The molecule has 0 saturated heterocycles. The SMILES string of the molecule is CCNC(Cc1nccs1)c1cccc(C(F)(F)F)c1F. The molecule has 0 spiro atoms. The van der Waals surface area contributed by atoms with E-state index in [1.165, 1.54) is 23.5 Å². The minimum atomic E-state index is -4.70. The Kier molecular flexibility index (Phi) is 4.95. The highest BCUT2D eigenvalue weighted by atomic mass is 32.1. The number of hydrogen-bond acceptors (Lipinski definition) is 3. The van der Waals surface area contributed by atoms with Gasteiger partial charge in [-0.3, -0.25) is 0 Å². The lowest BCUT2D eigenvalue weighted by atomic mass is 10.00. The van der Waals surface area contributed by atoms with Crippen molar-refractivity contribution in [2.45, 2.75) is 25.6 Å². The number of hydrogen-bond donors (Lipinski definition) is 1. The van der Waals surface area contributed by atoms with Crippen molar-refractivity contribution in [3.05, 3.63) is 51.7 Å². The number of nitrogens with zero attached hydrogens (tertiary/aromatic N) is 1. The van der Waals surface area contributed by atoms with E-state index in [1.54, 1.807) is 11.6 Å². The maximum Gasteiger partial charge on any atom is 0.419 e. The molecule has 0 aliphatic rings. The molecule has 0 aliphatic heterocycles. The van der Waals surface area contributed by atoms with Gasteiger partial charge in [-0.05, 0) is 12.6 Å². The first kappa shape index (κ1) is 15.9. The lowest BCUT2D eigenvalue weighted by Crippen LogP contribution is -2.25. The van der Waals surface area contributed by atoms with Crippen LogP contribution in [0.4, 0.5) is 17.6 Å². The van der Waals surface area contributed by atoms with Crippen molar-refractivity contribution in [2.24, 2.45) is 0 Å². The van der Waals surface area contributed by atoms with Gasteiger partial charge < -0.3 is 5.32 Å². The van der Waals surface area contributed by atoms with E-state index < -0.39 is 23.6 Å². The first-order valence-electron chi connectivity index (χ1n) is 6.40. The van der Waals surface area contributed by atoms with Gasteiger partial charge in [-0.1, -0.05) is 19.1 Å². The van der Waals surface area contributed by atoms with E-state index in [2.05, 4.69) is 10.3 Å². The van der Waals surface area contributed by atoms with Crippen molar-refractivity contribution in [3.63, 3.8) is 0 Å². The van der Waals surface area contributed by atoms with Gasteiger partial charge in [-0.25, -0.2) is 9.37 Å². The summed E-state index contributed by atoms with van der Waals surface area (Å²) in [7, 11) is 0. The Balaban J connectivity index is 2.36. The second-order valence-corrected chi connectivity index (χ2v) is 5.43. The maximum absolute atomic E-state index is 14.2. The Bertz CT molecular complexity index is 581. The van der Waals surface area contributed by atoms with E-state index in [4.69, 9.17) is 0 Å². The minimum Gasteiger partial charge on any atom is -0.310 e. The highest BCUT2D eigenvalue weighted by molar-refractivity contribution is 7.09. The molecule has 0 radical (unpaired) electrons. The van der Waals surface area contributed by atoms with Gasteiger partial charge >= 0.3 is 6.18 Å². The van der Waals surface area contributed by atoms with Crippen molar-refractivity contribution >= 4 is 11.3 Å². The Morgan fingerprint density at radius 1 is 1.33 bits per heavy atom. The fraction of sp³-hybridized carbons (Fsp3) is 0.357. The van der Waals surface area contributed by atoms with Crippen LogP contribution in [0.2, 0.25) is 0 Å². The van der Waals surface area contributed by atoms with E-state index in [-0.39, 0.29) is 5.56 Å². The van der Waals surface area contributed by atoms with Gasteiger partial charge in [0.2, 0.25) is 0 Å². The van der Waals surface area contributed by atoms with Crippen LogP contribution >= 0.6 is 11.3 Å². The van der Waals surface area contributed by atoms with Crippen molar-refractivity contribution in [1.29, 1.82) is 0 Å². The first-order chi connectivity index (χ1) is 9.93. The van der Waals surface area contributed by atoms with Gasteiger partial charge in [-0.15, -0.1) is 11.3 Å². The van der Waals surface area contributed by atoms with E-state index in [1.807, 2.05) is 6.92 Å². The van der Waals surface area contributed by atoms with E-state index in [0.29, 0.717) is 13.0 Å². The van der Waals surface area contributed by atoms with Crippen molar-refractivity contribution in [3.8, 4) is 0 Å². The Labute approximate surface area is 123 Å². The summed E-state index contributed by atoms with van der Waals surface area (Å²) in [5.41, 5.74) is -1.22. The molecule has 2 rings (SSSR count). The standard InChI is InChI=1S/C14H14F4N2S/c1-2-19-11(8-12-20-6-7-21-12)9-4-3-5-10(13(9)15)14(16,17)18/h3-7,11,19H,2,8H2,1H3. The molecule has 0 saturated carbocycles. The molecule has 1 N–H and O–H groups in total. The Morgan fingerprint density at radius 2 is 2.10 bits per heavy atom. The fourth-order valence-electron chi connectivity index (χ4n) is 2.10. The smallest absolute Gasteiger partial charge is 0.310 e. The molecule has 1 aromatic carbocycles. The highest BCUT2D eigenvalue weighted by Crippen LogP contribution is 2.34. The van der Waals surface area contributed by atoms with Crippen LogP contribution in [0, 0.1) is 5.82 Å². The van der Waals surface area contributed by atoms with Crippen molar-refractivity contribution in [1.82, 2.24) is 10.3 Å². The summed E-state index contributed by atoms with van der Waals surface area (Å²) in [4.78, 5) is 4.10. The normalized spacial score (nSPS) is 13.4. The molecular formula is C14H14F4N2S. The van der Waals surface area contributed by atoms with E-state index >= 15 is 0 Å². The van der Waals surface area contributed by atoms with Crippen LogP contribution in [0.25, 0.3) is 0 Å². The summed E-state index contributed by atoms with van der Waals surface area (Å²) in [5, 5.41) is 5.54. The summed E-state index contributed by atoms with van der Waals surface area (Å²) in [6.07, 6.45) is -2.73.